The van der Waals surface area contributed by atoms with Gasteiger partial charge in [-0.15, -0.1) is 0 Å². The number of aryl methyl sites for hydroxylation is 1. The standard InChI is InChI=1S/C39H43F3N4O2.2H2/c1-5-38(3,40)26-43-37(48)35(29-9-7-6-8-10-29)46-23-21-45(22-24-46)32-18-16-31(17-19-32)44-36(47)34-25-27(2)11-20-33(34)28-12-14-30(15-13-28)39(4,41)42;;/h6-20,25,35H,5,21-24,26H2,1-4H3,(H,43,48)(H,44,47);2*1H. The lowest BCUT2D eigenvalue weighted by molar-refractivity contribution is -0.127. The van der Waals surface area contributed by atoms with Crippen molar-refractivity contribution in [3.8, 4) is 11.1 Å². The molecule has 1 fully saturated rings. The number of piperazine rings is 1. The van der Waals surface area contributed by atoms with Crippen LogP contribution < -0.4 is 15.5 Å². The number of alkyl halides is 3. The van der Waals surface area contributed by atoms with Gasteiger partial charge in [0.2, 0.25) is 5.91 Å². The number of benzene rings is 4. The molecule has 2 amide bonds. The molecule has 4 aromatic carbocycles. The fourth-order valence-corrected chi connectivity index (χ4v) is 5.89. The van der Waals surface area contributed by atoms with Crippen molar-refractivity contribution in [2.45, 2.75) is 51.7 Å². The highest BCUT2D eigenvalue weighted by Gasteiger charge is 2.32. The molecule has 2 unspecified atom stereocenters. The van der Waals surface area contributed by atoms with Crippen LogP contribution in [0.15, 0.2) is 97.1 Å². The normalized spacial score (nSPS) is 15.8. The Balaban J connectivity index is 0.00000338. The number of carbonyl (C=O) groups is 2. The smallest absolute Gasteiger partial charge is 0.270 e. The van der Waals surface area contributed by atoms with Crippen molar-refractivity contribution < 1.29 is 25.6 Å². The van der Waals surface area contributed by atoms with Crippen LogP contribution in [0.1, 0.15) is 63.1 Å². The molecular formula is C39H47F3N4O2. The zero-order chi connectivity index (χ0) is 34.5. The maximum absolute atomic E-state index is 14.6. The van der Waals surface area contributed by atoms with E-state index in [1.165, 1.54) is 19.1 Å². The molecule has 1 saturated heterocycles. The number of amides is 2. The van der Waals surface area contributed by atoms with Crippen molar-refractivity contribution in [3.05, 3.63) is 119 Å². The van der Waals surface area contributed by atoms with Gasteiger partial charge >= 0.3 is 0 Å². The third-order valence-electron chi connectivity index (χ3n) is 9.02. The summed E-state index contributed by atoms with van der Waals surface area (Å²) in [7, 11) is 0. The monoisotopic (exact) mass is 660 g/mol. The number of halogens is 3. The first-order valence-corrected chi connectivity index (χ1v) is 16.4. The van der Waals surface area contributed by atoms with Gasteiger partial charge in [-0.1, -0.05) is 79.2 Å². The van der Waals surface area contributed by atoms with Crippen LogP contribution in [-0.4, -0.2) is 55.1 Å². The van der Waals surface area contributed by atoms with Crippen molar-refractivity contribution in [3.63, 3.8) is 0 Å². The van der Waals surface area contributed by atoms with Gasteiger partial charge in [0.05, 0.1) is 6.54 Å². The quantitative estimate of drug-likeness (QED) is 0.169. The number of carbonyl (C=O) groups excluding carboxylic acids is 2. The fourth-order valence-electron chi connectivity index (χ4n) is 5.89. The predicted molar refractivity (Wildman–Crippen MR) is 191 cm³/mol. The molecule has 0 radical (unpaired) electrons. The zero-order valence-corrected chi connectivity index (χ0v) is 27.9. The van der Waals surface area contributed by atoms with Crippen LogP contribution in [0.4, 0.5) is 24.5 Å². The Morgan fingerprint density at radius 1 is 0.854 bits per heavy atom. The number of nitrogens with zero attached hydrogens (tertiary/aromatic N) is 2. The Hall–Kier alpha value is -4.63. The second-order valence-corrected chi connectivity index (χ2v) is 12.8. The number of nitrogens with one attached hydrogen (secondary N) is 2. The average molecular weight is 661 g/mol. The van der Waals surface area contributed by atoms with E-state index in [1.807, 2.05) is 73.7 Å². The summed E-state index contributed by atoms with van der Waals surface area (Å²) in [5.41, 5.74) is 3.64. The second kappa shape index (κ2) is 14.6. The van der Waals surface area contributed by atoms with Gasteiger partial charge < -0.3 is 15.5 Å². The molecule has 1 aliphatic heterocycles. The molecule has 0 spiro atoms. The molecule has 2 N–H and O–H groups in total. The Kier molecular flexibility index (Phi) is 10.6. The lowest BCUT2D eigenvalue weighted by atomic mass is 9.95. The van der Waals surface area contributed by atoms with Gasteiger partial charge in [-0.2, -0.15) is 0 Å². The molecule has 6 nitrogen and oxygen atoms in total. The zero-order valence-electron chi connectivity index (χ0n) is 27.9. The van der Waals surface area contributed by atoms with Gasteiger partial charge in [-0.05, 0) is 67.3 Å². The first-order chi connectivity index (χ1) is 22.8. The lowest BCUT2D eigenvalue weighted by Crippen LogP contribution is -2.52. The van der Waals surface area contributed by atoms with Crippen LogP contribution in [-0.2, 0) is 10.7 Å². The summed E-state index contributed by atoms with van der Waals surface area (Å²) in [4.78, 5) is 31.2. The molecule has 9 heteroatoms. The van der Waals surface area contributed by atoms with Crippen LogP contribution >= 0.6 is 0 Å². The summed E-state index contributed by atoms with van der Waals surface area (Å²) < 4.78 is 42.1. The minimum Gasteiger partial charge on any atom is -0.369 e. The molecule has 4 aromatic rings. The molecule has 0 aliphatic carbocycles. The Morgan fingerprint density at radius 3 is 2.10 bits per heavy atom. The van der Waals surface area contributed by atoms with E-state index in [-0.39, 0.29) is 26.8 Å². The predicted octanol–water partition coefficient (Wildman–Crippen LogP) is 8.64. The van der Waals surface area contributed by atoms with Crippen molar-refractivity contribution in [1.82, 2.24) is 10.2 Å². The maximum atomic E-state index is 14.6. The highest BCUT2D eigenvalue weighted by molar-refractivity contribution is 6.09. The van der Waals surface area contributed by atoms with E-state index in [0.717, 1.165) is 23.7 Å². The van der Waals surface area contributed by atoms with E-state index in [1.54, 1.807) is 25.1 Å². The minimum absolute atomic E-state index is 0. The lowest BCUT2D eigenvalue weighted by Gasteiger charge is -2.40. The number of hydrogen-bond donors (Lipinski definition) is 2. The van der Waals surface area contributed by atoms with Crippen LogP contribution in [0.5, 0.6) is 0 Å². The van der Waals surface area contributed by atoms with Crippen LogP contribution in [0, 0.1) is 6.92 Å². The Bertz CT molecular complexity index is 1710. The van der Waals surface area contributed by atoms with E-state index in [0.29, 0.717) is 55.0 Å². The highest BCUT2D eigenvalue weighted by atomic mass is 19.3. The van der Waals surface area contributed by atoms with Crippen molar-refractivity contribution in [1.29, 1.82) is 0 Å². The second-order valence-electron chi connectivity index (χ2n) is 12.8. The van der Waals surface area contributed by atoms with E-state index in [2.05, 4.69) is 20.4 Å². The maximum Gasteiger partial charge on any atom is 0.270 e. The molecule has 256 valence electrons. The summed E-state index contributed by atoms with van der Waals surface area (Å²) in [5, 5.41) is 5.82. The van der Waals surface area contributed by atoms with Gasteiger partial charge in [-0.25, -0.2) is 13.2 Å². The number of hydrogen-bond acceptors (Lipinski definition) is 4. The van der Waals surface area contributed by atoms with E-state index in [9.17, 15) is 22.8 Å². The Morgan fingerprint density at radius 2 is 1.50 bits per heavy atom. The van der Waals surface area contributed by atoms with Gasteiger partial charge in [0.1, 0.15) is 11.7 Å². The molecule has 0 aromatic heterocycles. The molecule has 0 bridgehead atoms. The van der Waals surface area contributed by atoms with E-state index in [4.69, 9.17) is 0 Å². The van der Waals surface area contributed by atoms with E-state index >= 15 is 0 Å². The van der Waals surface area contributed by atoms with Crippen LogP contribution in [0.3, 0.4) is 0 Å². The Labute approximate surface area is 283 Å². The minimum atomic E-state index is -2.94. The molecule has 1 heterocycles. The number of anilines is 2. The SMILES string of the molecule is CCC(C)(F)CNC(=O)C(c1ccccc1)N1CCN(c2ccc(NC(=O)c3cc(C)ccc3-c3ccc(C(C)(F)F)cc3)cc2)CC1.[HH].[HH]. The van der Waals surface area contributed by atoms with Gasteiger partial charge in [0.25, 0.3) is 11.8 Å². The highest BCUT2D eigenvalue weighted by Crippen LogP contribution is 2.32. The molecule has 0 saturated carbocycles. The summed E-state index contributed by atoms with van der Waals surface area (Å²) >= 11 is 0. The molecular weight excluding hydrogens is 613 g/mol. The van der Waals surface area contributed by atoms with Gasteiger partial charge in [0.15, 0.2) is 0 Å². The topological polar surface area (TPSA) is 64.7 Å². The van der Waals surface area contributed by atoms with Gasteiger partial charge in [-0.3, -0.25) is 14.5 Å². The fraction of sp³-hybridized carbons (Fsp3) is 0.333. The van der Waals surface area contributed by atoms with Crippen molar-refractivity contribution >= 4 is 23.2 Å². The van der Waals surface area contributed by atoms with Crippen molar-refractivity contribution in [2.24, 2.45) is 0 Å². The third kappa shape index (κ3) is 8.44. The molecule has 1 aliphatic rings. The third-order valence-corrected chi connectivity index (χ3v) is 9.02. The summed E-state index contributed by atoms with van der Waals surface area (Å²) in [6, 6.07) is 28.2. The van der Waals surface area contributed by atoms with Crippen LogP contribution in [0.2, 0.25) is 0 Å². The van der Waals surface area contributed by atoms with Crippen molar-refractivity contribution in [2.75, 3.05) is 42.9 Å². The average Bonchev–Trinajstić information content (AvgIpc) is 3.08. The molecule has 5 rings (SSSR count). The van der Waals surface area contributed by atoms with Gasteiger partial charge in [0, 0.05) is 58.5 Å². The molecule has 48 heavy (non-hydrogen) atoms. The summed E-state index contributed by atoms with van der Waals surface area (Å²) in [6.07, 6.45) is 0.316. The molecule has 2 atom stereocenters. The summed E-state index contributed by atoms with van der Waals surface area (Å²) in [6.45, 7) is 8.64. The number of rotatable bonds is 11. The first kappa shape index (κ1) is 34.7. The largest absolute Gasteiger partial charge is 0.369 e. The first-order valence-electron chi connectivity index (χ1n) is 16.4. The van der Waals surface area contributed by atoms with E-state index < -0.39 is 17.6 Å². The summed E-state index contributed by atoms with van der Waals surface area (Å²) in [5.74, 6) is -3.44. The van der Waals surface area contributed by atoms with Crippen LogP contribution in [0.25, 0.3) is 11.1 Å².